The van der Waals surface area contributed by atoms with Crippen LogP contribution in [0.2, 0.25) is 0 Å². The van der Waals surface area contributed by atoms with Gasteiger partial charge in [-0.1, -0.05) is 0 Å². The highest BCUT2D eigenvalue weighted by molar-refractivity contribution is 7.90. The normalized spacial score (nSPS) is 24.2. The van der Waals surface area contributed by atoms with Crippen LogP contribution in [0.1, 0.15) is 25.7 Å². The van der Waals surface area contributed by atoms with E-state index < -0.39 is 15.7 Å². The molecule has 0 radical (unpaired) electrons. The molecule has 0 aromatic heterocycles. The molecule has 0 atom stereocenters. The van der Waals surface area contributed by atoms with Crippen molar-refractivity contribution in [3.05, 3.63) is 24.0 Å². The summed E-state index contributed by atoms with van der Waals surface area (Å²) in [5, 5.41) is 3.12. The lowest BCUT2D eigenvalue weighted by Crippen LogP contribution is -2.33. The molecule has 4 nitrogen and oxygen atoms in total. The largest absolute Gasteiger partial charge is 0.380 e. The average molecular weight is 286 g/mol. The summed E-state index contributed by atoms with van der Waals surface area (Å²) in [7, 11) is -3.37. The molecule has 1 aromatic carbocycles. The predicted octanol–water partition coefficient (Wildman–Crippen LogP) is 1.91. The summed E-state index contributed by atoms with van der Waals surface area (Å²) >= 11 is 0. The monoisotopic (exact) mass is 286 g/mol. The number of nitrogens with one attached hydrogen (secondary N) is 1. The van der Waals surface area contributed by atoms with Gasteiger partial charge in [0, 0.05) is 18.3 Å². The van der Waals surface area contributed by atoms with Crippen LogP contribution in [0.15, 0.2) is 23.1 Å². The highest BCUT2D eigenvalue weighted by Gasteiger charge is 2.19. The quantitative estimate of drug-likeness (QED) is 0.890. The summed E-state index contributed by atoms with van der Waals surface area (Å²) in [5.74, 6) is -0.530. The third-order valence-electron chi connectivity index (χ3n) is 3.50. The van der Waals surface area contributed by atoms with Crippen molar-refractivity contribution in [2.75, 3.05) is 11.6 Å². The Morgan fingerprint density at radius 3 is 2.42 bits per heavy atom. The number of benzene rings is 1. The molecule has 1 aliphatic carbocycles. The lowest BCUT2D eigenvalue weighted by atomic mass is 9.91. The Kier molecular flexibility index (Phi) is 4.10. The number of hydrogen-bond donors (Lipinski definition) is 2. The Labute approximate surface area is 113 Å². The molecule has 1 aromatic rings. The molecule has 106 valence electrons. The predicted molar refractivity (Wildman–Crippen MR) is 73.4 cm³/mol. The second kappa shape index (κ2) is 5.46. The average Bonchev–Trinajstić information content (AvgIpc) is 2.33. The molecule has 1 fully saturated rings. The number of rotatable bonds is 3. The first-order valence-corrected chi connectivity index (χ1v) is 8.27. The molecule has 0 bridgehead atoms. The molecular weight excluding hydrogens is 267 g/mol. The van der Waals surface area contributed by atoms with E-state index in [1.807, 2.05) is 0 Å². The highest BCUT2D eigenvalue weighted by atomic mass is 32.2. The summed E-state index contributed by atoms with van der Waals surface area (Å²) in [5.41, 5.74) is 6.17. The van der Waals surface area contributed by atoms with Gasteiger partial charge in [-0.15, -0.1) is 0 Å². The number of halogens is 1. The molecule has 0 amide bonds. The minimum absolute atomic E-state index is 0.00113. The van der Waals surface area contributed by atoms with E-state index in [1.165, 1.54) is 12.1 Å². The number of nitrogens with two attached hydrogens (primary N) is 1. The fraction of sp³-hybridized carbons (Fsp3) is 0.538. The maximum absolute atomic E-state index is 13.9. The van der Waals surface area contributed by atoms with Crippen molar-refractivity contribution in [2.24, 2.45) is 5.73 Å². The van der Waals surface area contributed by atoms with E-state index in [9.17, 15) is 12.8 Å². The van der Waals surface area contributed by atoms with Crippen LogP contribution in [0, 0.1) is 5.82 Å². The highest BCUT2D eigenvalue weighted by Crippen LogP contribution is 2.24. The van der Waals surface area contributed by atoms with Gasteiger partial charge in [0.2, 0.25) is 0 Å². The lowest BCUT2D eigenvalue weighted by Gasteiger charge is -2.27. The van der Waals surface area contributed by atoms with Crippen molar-refractivity contribution in [3.8, 4) is 0 Å². The maximum atomic E-state index is 13.9. The van der Waals surface area contributed by atoms with Crippen LogP contribution in [0.5, 0.6) is 0 Å². The fourth-order valence-corrected chi connectivity index (χ4v) is 2.96. The van der Waals surface area contributed by atoms with Gasteiger partial charge in [-0.05, 0) is 43.9 Å². The Morgan fingerprint density at radius 1 is 1.26 bits per heavy atom. The SMILES string of the molecule is CS(=O)(=O)c1ccc(NC2CCC(N)CC2)c(F)c1. The zero-order chi connectivity index (χ0) is 14.0. The second-order valence-electron chi connectivity index (χ2n) is 5.17. The molecule has 1 saturated carbocycles. The summed E-state index contributed by atoms with van der Waals surface area (Å²) in [4.78, 5) is 0.00113. The molecule has 3 N–H and O–H groups in total. The molecule has 2 rings (SSSR count). The third-order valence-corrected chi connectivity index (χ3v) is 4.61. The van der Waals surface area contributed by atoms with Gasteiger partial charge in [0.05, 0.1) is 10.6 Å². The van der Waals surface area contributed by atoms with Crippen LogP contribution in [-0.4, -0.2) is 26.8 Å². The van der Waals surface area contributed by atoms with Crippen molar-refractivity contribution in [3.63, 3.8) is 0 Å². The summed E-state index contributed by atoms with van der Waals surface area (Å²) in [6, 6.07) is 4.43. The zero-order valence-electron chi connectivity index (χ0n) is 10.9. The first kappa shape index (κ1) is 14.3. The van der Waals surface area contributed by atoms with Crippen LogP contribution in [0.25, 0.3) is 0 Å². The van der Waals surface area contributed by atoms with Crippen molar-refractivity contribution >= 4 is 15.5 Å². The summed E-state index contributed by atoms with van der Waals surface area (Å²) in [6.07, 6.45) is 4.75. The maximum Gasteiger partial charge on any atom is 0.175 e. The van der Waals surface area contributed by atoms with E-state index in [0.29, 0.717) is 5.69 Å². The fourth-order valence-electron chi connectivity index (χ4n) is 2.33. The Morgan fingerprint density at radius 2 is 1.89 bits per heavy atom. The molecule has 0 unspecified atom stereocenters. The number of hydrogen-bond acceptors (Lipinski definition) is 4. The zero-order valence-corrected chi connectivity index (χ0v) is 11.7. The Hall–Kier alpha value is -1.14. The van der Waals surface area contributed by atoms with E-state index >= 15 is 0 Å². The van der Waals surface area contributed by atoms with Gasteiger partial charge < -0.3 is 11.1 Å². The standard InChI is InChI=1S/C13H19FN2O2S/c1-19(17,18)11-6-7-13(12(14)8-11)16-10-4-2-9(15)3-5-10/h6-10,16H,2-5,15H2,1H3. The lowest BCUT2D eigenvalue weighted by molar-refractivity contribution is 0.410. The van der Waals surface area contributed by atoms with Crippen LogP contribution < -0.4 is 11.1 Å². The first-order valence-electron chi connectivity index (χ1n) is 6.38. The number of sulfone groups is 1. The molecule has 19 heavy (non-hydrogen) atoms. The minimum Gasteiger partial charge on any atom is -0.380 e. The van der Waals surface area contributed by atoms with Crippen LogP contribution in [0.4, 0.5) is 10.1 Å². The Balaban J connectivity index is 2.09. The van der Waals surface area contributed by atoms with Crippen LogP contribution in [0.3, 0.4) is 0 Å². The molecule has 6 heteroatoms. The van der Waals surface area contributed by atoms with Crippen molar-refractivity contribution in [2.45, 2.75) is 42.7 Å². The van der Waals surface area contributed by atoms with E-state index in [2.05, 4.69) is 5.32 Å². The van der Waals surface area contributed by atoms with E-state index in [-0.39, 0.29) is 17.0 Å². The third kappa shape index (κ3) is 3.67. The van der Waals surface area contributed by atoms with Crippen molar-refractivity contribution in [1.29, 1.82) is 0 Å². The van der Waals surface area contributed by atoms with Gasteiger partial charge >= 0.3 is 0 Å². The van der Waals surface area contributed by atoms with Crippen molar-refractivity contribution in [1.82, 2.24) is 0 Å². The van der Waals surface area contributed by atoms with Gasteiger partial charge in [-0.3, -0.25) is 0 Å². The summed E-state index contributed by atoms with van der Waals surface area (Å²) in [6.45, 7) is 0. The molecular formula is C13H19FN2O2S. The van der Waals surface area contributed by atoms with Crippen LogP contribution >= 0.6 is 0 Å². The molecule has 0 spiro atoms. The molecule has 0 aliphatic heterocycles. The Bertz CT molecular complexity index is 552. The van der Waals surface area contributed by atoms with E-state index in [0.717, 1.165) is 38.0 Å². The number of anilines is 1. The minimum atomic E-state index is -3.37. The van der Waals surface area contributed by atoms with Gasteiger partial charge in [0.25, 0.3) is 0 Å². The molecule has 1 aliphatic rings. The smallest absolute Gasteiger partial charge is 0.175 e. The van der Waals surface area contributed by atoms with E-state index in [4.69, 9.17) is 5.73 Å². The molecule has 0 heterocycles. The topological polar surface area (TPSA) is 72.2 Å². The van der Waals surface area contributed by atoms with Gasteiger partial charge in [0.15, 0.2) is 9.84 Å². The van der Waals surface area contributed by atoms with Crippen molar-refractivity contribution < 1.29 is 12.8 Å². The summed E-state index contributed by atoms with van der Waals surface area (Å²) < 4.78 is 36.5. The van der Waals surface area contributed by atoms with Gasteiger partial charge in [-0.25, -0.2) is 12.8 Å². The first-order chi connectivity index (χ1) is 8.86. The molecule has 0 saturated heterocycles. The van der Waals surface area contributed by atoms with Gasteiger partial charge in [-0.2, -0.15) is 0 Å². The van der Waals surface area contributed by atoms with Crippen LogP contribution in [-0.2, 0) is 9.84 Å². The second-order valence-corrected chi connectivity index (χ2v) is 7.19. The van der Waals surface area contributed by atoms with E-state index in [1.54, 1.807) is 0 Å². The van der Waals surface area contributed by atoms with Gasteiger partial charge in [0.1, 0.15) is 5.82 Å².